The van der Waals surface area contributed by atoms with Gasteiger partial charge in [0.1, 0.15) is 17.0 Å². The second kappa shape index (κ2) is 7.31. The number of aromatic nitrogens is 3. The van der Waals surface area contributed by atoms with Crippen LogP contribution >= 0.6 is 0 Å². The van der Waals surface area contributed by atoms with Gasteiger partial charge in [-0.15, -0.1) is 0 Å². The molecule has 2 heterocycles. The van der Waals surface area contributed by atoms with Gasteiger partial charge in [0.25, 0.3) is 0 Å². The molecule has 0 aliphatic carbocycles. The number of fused-ring (bicyclic) bond motifs is 3. The number of carboxylic acids is 1. The standard InChI is InChI=1S/C21H20N4O4/c1-12-6-16-17(8-15(12)21(26)27)25-11-22-10-18(25)20(24-16)23-9-13-4-5-14(28-2)7-19(13)29-3/h4-8,10-11H,9H2,1-3H3,(H,23,24)(H,26,27). The average Bonchev–Trinajstić information content (AvgIpc) is 3.21. The van der Waals surface area contributed by atoms with Gasteiger partial charge in [-0.3, -0.25) is 4.40 Å². The molecule has 0 saturated carbocycles. The Hall–Kier alpha value is -3.81. The van der Waals surface area contributed by atoms with Crippen LogP contribution in [0.2, 0.25) is 0 Å². The number of carboxylic acid groups (broad SMARTS) is 1. The molecule has 0 fully saturated rings. The number of benzene rings is 2. The largest absolute Gasteiger partial charge is 0.497 e. The normalized spacial score (nSPS) is 11.0. The SMILES string of the molecule is COc1ccc(CNc2nc3cc(C)c(C(=O)O)cc3n3cncc23)c(OC)c1. The first-order chi connectivity index (χ1) is 14.0. The maximum atomic E-state index is 11.5. The Morgan fingerprint density at radius 1 is 1.17 bits per heavy atom. The van der Waals surface area contributed by atoms with Crippen LogP contribution in [0.1, 0.15) is 21.5 Å². The molecule has 0 bridgehead atoms. The number of imidazole rings is 1. The van der Waals surface area contributed by atoms with Crippen molar-refractivity contribution in [1.82, 2.24) is 14.4 Å². The van der Waals surface area contributed by atoms with Gasteiger partial charge in [0.2, 0.25) is 0 Å². The van der Waals surface area contributed by atoms with E-state index in [0.717, 1.165) is 16.8 Å². The molecule has 2 aromatic heterocycles. The fourth-order valence-corrected chi connectivity index (χ4v) is 3.34. The van der Waals surface area contributed by atoms with E-state index in [0.29, 0.717) is 34.7 Å². The van der Waals surface area contributed by atoms with Crippen LogP contribution < -0.4 is 14.8 Å². The van der Waals surface area contributed by atoms with Crippen molar-refractivity contribution in [1.29, 1.82) is 0 Å². The summed E-state index contributed by atoms with van der Waals surface area (Å²) in [6, 6.07) is 9.04. The number of rotatable bonds is 6. The smallest absolute Gasteiger partial charge is 0.336 e. The summed E-state index contributed by atoms with van der Waals surface area (Å²) in [6.45, 7) is 2.25. The minimum atomic E-state index is -0.966. The first-order valence-electron chi connectivity index (χ1n) is 8.96. The summed E-state index contributed by atoms with van der Waals surface area (Å²) in [5.41, 5.74) is 3.98. The molecular weight excluding hydrogens is 372 g/mol. The summed E-state index contributed by atoms with van der Waals surface area (Å²) in [6.07, 6.45) is 3.35. The quantitative estimate of drug-likeness (QED) is 0.518. The molecule has 8 nitrogen and oxygen atoms in total. The van der Waals surface area contributed by atoms with Crippen molar-refractivity contribution in [2.45, 2.75) is 13.5 Å². The lowest BCUT2D eigenvalue weighted by Gasteiger charge is -2.14. The summed E-state index contributed by atoms with van der Waals surface area (Å²) < 4.78 is 12.5. The van der Waals surface area contributed by atoms with Gasteiger partial charge in [0.05, 0.1) is 43.3 Å². The summed E-state index contributed by atoms with van der Waals surface area (Å²) in [4.78, 5) is 20.4. The van der Waals surface area contributed by atoms with Gasteiger partial charge >= 0.3 is 5.97 Å². The summed E-state index contributed by atoms with van der Waals surface area (Å²) in [5.74, 6) is 1.11. The van der Waals surface area contributed by atoms with Crippen LogP contribution in [-0.2, 0) is 6.54 Å². The molecule has 0 saturated heterocycles. The Morgan fingerprint density at radius 3 is 2.72 bits per heavy atom. The fraction of sp³-hybridized carbons (Fsp3) is 0.190. The van der Waals surface area contributed by atoms with Gasteiger partial charge in [0.15, 0.2) is 5.82 Å². The molecule has 4 rings (SSSR count). The third-order valence-corrected chi connectivity index (χ3v) is 4.87. The first kappa shape index (κ1) is 18.5. The molecule has 0 radical (unpaired) electrons. The zero-order valence-corrected chi connectivity index (χ0v) is 16.3. The lowest BCUT2D eigenvalue weighted by molar-refractivity contribution is 0.0696. The van der Waals surface area contributed by atoms with E-state index in [1.165, 1.54) is 0 Å². The zero-order valence-electron chi connectivity index (χ0n) is 16.3. The van der Waals surface area contributed by atoms with E-state index < -0.39 is 5.97 Å². The van der Waals surface area contributed by atoms with Crippen molar-refractivity contribution in [3.05, 3.63) is 59.5 Å². The lowest BCUT2D eigenvalue weighted by atomic mass is 10.1. The number of hydrogen-bond donors (Lipinski definition) is 2. The van der Waals surface area contributed by atoms with Crippen molar-refractivity contribution in [3.8, 4) is 11.5 Å². The molecule has 0 aliphatic rings. The molecule has 0 spiro atoms. The van der Waals surface area contributed by atoms with Gasteiger partial charge in [-0.05, 0) is 36.8 Å². The lowest BCUT2D eigenvalue weighted by Crippen LogP contribution is -2.07. The molecule has 4 aromatic rings. The number of anilines is 1. The van der Waals surface area contributed by atoms with Crippen LogP contribution in [0.25, 0.3) is 16.6 Å². The topological polar surface area (TPSA) is 98.0 Å². The highest BCUT2D eigenvalue weighted by molar-refractivity contribution is 5.95. The van der Waals surface area contributed by atoms with E-state index in [2.05, 4.69) is 10.3 Å². The molecule has 0 atom stereocenters. The predicted molar refractivity (Wildman–Crippen MR) is 109 cm³/mol. The second-order valence-corrected chi connectivity index (χ2v) is 6.60. The van der Waals surface area contributed by atoms with Gasteiger partial charge in [-0.2, -0.15) is 0 Å². The summed E-state index contributed by atoms with van der Waals surface area (Å²) in [7, 11) is 3.23. The summed E-state index contributed by atoms with van der Waals surface area (Å²) >= 11 is 0. The van der Waals surface area contributed by atoms with E-state index in [1.807, 2.05) is 22.6 Å². The van der Waals surface area contributed by atoms with E-state index >= 15 is 0 Å². The Morgan fingerprint density at radius 2 is 2.00 bits per heavy atom. The summed E-state index contributed by atoms with van der Waals surface area (Å²) in [5, 5.41) is 12.8. The highest BCUT2D eigenvalue weighted by Gasteiger charge is 2.14. The second-order valence-electron chi connectivity index (χ2n) is 6.60. The minimum absolute atomic E-state index is 0.248. The van der Waals surface area contributed by atoms with E-state index in [9.17, 15) is 9.90 Å². The van der Waals surface area contributed by atoms with Crippen LogP contribution in [0, 0.1) is 6.92 Å². The van der Waals surface area contributed by atoms with Crippen molar-refractivity contribution in [2.75, 3.05) is 19.5 Å². The number of nitrogens with zero attached hydrogens (tertiary/aromatic N) is 3. The number of hydrogen-bond acceptors (Lipinski definition) is 6. The van der Waals surface area contributed by atoms with Crippen molar-refractivity contribution in [3.63, 3.8) is 0 Å². The van der Waals surface area contributed by atoms with Crippen LogP contribution in [-0.4, -0.2) is 39.7 Å². The Bertz CT molecular complexity index is 1230. The fourth-order valence-electron chi connectivity index (χ4n) is 3.34. The Labute approximate surface area is 166 Å². The molecule has 0 amide bonds. The molecule has 148 valence electrons. The monoisotopic (exact) mass is 392 g/mol. The van der Waals surface area contributed by atoms with Gasteiger partial charge < -0.3 is 19.9 Å². The number of carbonyl (C=O) groups is 1. The number of ether oxygens (including phenoxy) is 2. The van der Waals surface area contributed by atoms with E-state index in [1.54, 1.807) is 45.8 Å². The molecule has 0 unspecified atom stereocenters. The highest BCUT2D eigenvalue weighted by atomic mass is 16.5. The average molecular weight is 392 g/mol. The highest BCUT2D eigenvalue weighted by Crippen LogP contribution is 2.28. The molecule has 29 heavy (non-hydrogen) atoms. The van der Waals surface area contributed by atoms with Gasteiger partial charge in [0, 0.05) is 18.2 Å². The van der Waals surface area contributed by atoms with E-state index in [-0.39, 0.29) is 5.56 Å². The van der Waals surface area contributed by atoms with Crippen LogP contribution in [0.4, 0.5) is 5.82 Å². The van der Waals surface area contributed by atoms with Gasteiger partial charge in [-0.25, -0.2) is 14.8 Å². The first-order valence-corrected chi connectivity index (χ1v) is 8.96. The van der Waals surface area contributed by atoms with Crippen LogP contribution in [0.3, 0.4) is 0 Å². The number of aromatic carboxylic acids is 1. The maximum absolute atomic E-state index is 11.5. The number of nitrogens with one attached hydrogen (secondary N) is 1. The Kier molecular flexibility index (Phi) is 4.67. The number of aryl methyl sites for hydroxylation is 1. The molecule has 2 aromatic carbocycles. The third-order valence-electron chi connectivity index (χ3n) is 4.87. The van der Waals surface area contributed by atoms with Crippen LogP contribution in [0.5, 0.6) is 11.5 Å². The van der Waals surface area contributed by atoms with E-state index in [4.69, 9.17) is 14.5 Å². The van der Waals surface area contributed by atoms with Crippen molar-refractivity contribution in [2.24, 2.45) is 0 Å². The van der Waals surface area contributed by atoms with Crippen molar-refractivity contribution >= 4 is 28.3 Å². The molecule has 2 N–H and O–H groups in total. The molecule has 8 heteroatoms. The van der Waals surface area contributed by atoms with Gasteiger partial charge in [-0.1, -0.05) is 0 Å². The Balaban J connectivity index is 1.75. The molecular formula is C21H20N4O4. The number of methoxy groups -OCH3 is 2. The minimum Gasteiger partial charge on any atom is -0.497 e. The van der Waals surface area contributed by atoms with Crippen LogP contribution in [0.15, 0.2) is 42.9 Å². The zero-order chi connectivity index (χ0) is 20.5. The third kappa shape index (κ3) is 3.29. The maximum Gasteiger partial charge on any atom is 0.336 e. The van der Waals surface area contributed by atoms with Crippen molar-refractivity contribution < 1.29 is 19.4 Å². The predicted octanol–water partition coefficient (Wildman–Crippen LogP) is 3.52. The molecule has 0 aliphatic heterocycles.